The predicted molar refractivity (Wildman–Crippen MR) is 70.1 cm³/mol. The molecule has 0 radical (unpaired) electrons. The monoisotopic (exact) mass is 241 g/mol. The SMILES string of the molecule is CCC(CC)(CNC1CCCCC1C)C(=O)O. The van der Waals surface area contributed by atoms with Crippen molar-refractivity contribution >= 4 is 5.97 Å². The molecule has 0 heterocycles. The molecule has 0 aromatic carbocycles. The average molecular weight is 241 g/mol. The second kappa shape index (κ2) is 6.39. The molecule has 3 heteroatoms. The summed E-state index contributed by atoms with van der Waals surface area (Å²) in [6.45, 7) is 6.84. The van der Waals surface area contributed by atoms with Crippen molar-refractivity contribution in [1.29, 1.82) is 0 Å². The van der Waals surface area contributed by atoms with Gasteiger partial charge in [-0.3, -0.25) is 4.79 Å². The quantitative estimate of drug-likeness (QED) is 0.751. The van der Waals surface area contributed by atoms with Gasteiger partial charge in [-0.2, -0.15) is 0 Å². The Morgan fingerprint density at radius 1 is 1.29 bits per heavy atom. The van der Waals surface area contributed by atoms with Crippen molar-refractivity contribution in [2.24, 2.45) is 11.3 Å². The van der Waals surface area contributed by atoms with Crippen LogP contribution in [0, 0.1) is 11.3 Å². The van der Waals surface area contributed by atoms with Gasteiger partial charge < -0.3 is 10.4 Å². The Labute approximate surface area is 105 Å². The fourth-order valence-corrected chi connectivity index (χ4v) is 2.82. The summed E-state index contributed by atoms with van der Waals surface area (Å²) in [7, 11) is 0. The lowest BCUT2D eigenvalue weighted by Crippen LogP contribution is -2.46. The number of hydrogen-bond acceptors (Lipinski definition) is 2. The van der Waals surface area contributed by atoms with Gasteiger partial charge in [0.05, 0.1) is 5.41 Å². The Balaban J connectivity index is 2.54. The van der Waals surface area contributed by atoms with Gasteiger partial charge >= 0.3 is 5.97 Å². The molecule has 1 aliphatic rings. The molecule has 1 rings (SSSR count). The zero-order valence-corrected chi connectivity index (χ0v) is 11.5. The van der Waals surface area contributed by atoms with Gasteiger partial charge in [0.15, 0.2) is 0 Å². The first kappa shape index (κ1) is 14.5. The lowest BCUT2D eigenvalue weighted by molar-refractivity contribution is -0.149. The number of aliphatic carboxylic acids is 1. The van der Waals surface area contributed by atoms with E-state index in [0.717, 1.165) is 0 Å². The molecule has 2 unspecified atom stereocenters. The average Bonchev–Trinajstić information content (AvgIpc) is 2.32. The highest BCUT2D eigenvalue weighted by Crippen LogP contribution is 2.28. The molecule has 0 aromatic heterocycles. The first-order valence-electron chi connectivity index (χ1n) is 7.02. The number of carboxylic acid groups (broad SMARTS) is 1. The van der Waals surface area contributed by atoms with E-state index in [1.807, 2.05) is 13.8 Å². The molecule has 0 amide bonds. The van der Waals surface area contributed by atoms with E-state index in [2.05, 4.69) is 12.2 Å². The Kier molecular flexibility index (Phi) is 5.44. The van der Waals surface area contributed by atoms with Gasteiger partial charge in [-0.25, -0.2) is 0 Å². The first-order valence-corrected chi connectivity index (χ1v) is 7.02. The molecule has 0 saturated heterocycles. The molecule has 1 fully saturated rings. The molecule has 0 aliphatic heterocycles. The van der Waals surface area contributed by atoms with Gasteiger partial charge in [0.1, 0.15) is 0 Å². The van der Waals surface area contributed by atoms with Crippen LogP contribution >= 0.6 is 0 Å². The topological polar surface area (TPSA) is 49.3 Å². The smallest absolute Gasteiger partial charge is 0.310 e. The maximum Gasteiger partial charge on any atom is 0.310 e. The summed E-state index contributed by atoms with van der Waals surface area (Å²) in [5.41, 5.74) is -0.572. The summed E-state index contributed by atoms with van der Waals surface area (Å²) in [5, 5.41) is 12.9. The Bertz CT molecular complexity index is 249. The van der Waals surface area contributed by atoms with E-state index in [4.69, 9.17) is 0 Å². The molecule has 0 spiro atoms. The fraction of sp³-hybridized carbons (Fsp3) is 0.929. The van der Waals surface area contributed by atoms with Gasteiger partial charge in [-0.1, -0.05) is 33.6 Å². The van der Waals surface area contributed by atoms with E-state index in [9.17, 15) is 9.90 Å². The normalized spacial score (nSPS) is 25.8. The summed E-state index contributed by atoms with van der Waals surface area (Å²) in [6, 6.07) is 0.514. The summed E-state index contributed by atoms with van der Waals surface area (Å²) < 4.78 is 0. The van der Waals surface area contributed by atoms with E-state index in [-0.39, 0.29) is 0 Å². The minimum atomic E-state index is -0.654. The molecule has 2 N–H and O–H groups in total. The molecular weight excluding hydrogens is 214 g/mol. The molecule has 0 bridgehead atoms. The molecule has 1 aliphatic carbocycles. The van der Waals surface area contributed by atoms with E-state index < -0.39 is 11.4 Å². The van der Waals surface area contributed by atoms with Gasteiger partial charge in [0.2, 0.25) is 0 Å². The number of nitrogens with one attached hydrogen (secondary N) is 1. The third-order valence-electron chi connectivity index (χ3n) is 4.62. The molecule has 0 aromatic rings. The van der Waals surface area contributed by atoms with Crippen LogP contribution in [0.25, 0.3) is 0 Å². The summed E-state index contributed by atoms with van der Waals surface area (Å²) in [6.07, 6.45) is 6.48. The molecule has 17 heavy (non-hydrogen) atoms. The largest absolute Gasteiger partial charge is 0.481 e. The van der Waals surface area contributed by atoms with Crippen molar-refractivity contribution in [3.05, 3.63) is 0 Å². The van der Waals surface area contributed by atoms with Crippen LogP contribution in [0.5, 0.6) is 0 Å². The van der Waals surface area contributed by atoms with Crippen molar-refractivity contribution in [3.63, 3.8) is 0 Å². The number of hydrogen-bond donors (Lipinski definition) is 2. The zero-order chi connectivity index (χ0) is 12.9. The van der Waals surface area contributed by atoms with Crippen LogP contribution in [0.1, 0.15) is 59.3 Å². The van der Waals surface area contributed by atoms with Crippen molar-refractivity contribution in [3.8, 4) is 0 Å². The highest BCUT2D eigenvalue weighted by atomic mass is 16.4. The van der Waals surface area contributed by atoms with E-state index in [0.29, 0.717) is 31.3 Å². The second-order valence-electron chi connectivity index (χ2n) is 5.54. The second-order valence-corrected chi connectivity index (χ2v) is 5.54. The highest BCUT2D eigenvalue weighted by Gasteiger charge is 2.35. The number of carbonyl (C=O) groups is 1. The maximum absolute atomic E-state index is 11.4. The third-order valence-corrected chi connectivity index (χ3v) is 4.62. The summed E-state index contributed by atoms with van der Waals surface area (Å²) in [4.78, 5) is 11.4. The van der Waals surface area contributed by atoms with Crippen LogP contribution in [0.3, 0.4) is 0 Å². The van der Waals surface area contributed by atoms with Gasteiger partial charge in [0, 0.05) is 12.6 Å². The van der Waals surface area contributed by atoms with Crippen LogP contribution in [-0.4, -0.2) is 23.7 Å². The fourth-order valence-electron chi connectivity index (χ4n) is 2.82. The van der Waals surface area contributed by atoms with Crippen LogP contribution in [0.15, 0.2) is 0 Å². The predicted octanol–water partition coefficient (Wildman–Crippen LogP) is 3.05. The summed E-state index contributed by atoms with van der Waals surface area (Å²) >= 11 is 0. The van der Waals surface area contributed by atoms with E-state index >= 15 is 0 Å². The Morgan fingerprint density at radius 3 is 2.35 bits per heavy atom. The Morgan fingerprint density at radius 2 is 1.88 bits per heavy atom. The molecule has 100 valence electrons. The minimum absolute atomic E-state index is 0.514. The van der Waals surface area contributed by atoms with Crippen LogP contribution in [0.2, 0.25) is 0 Å². The van der Waals surface area contributed by atoms with Crippen molar-refractivity contribution in [2.75, 3.05) is 6.54 Å². The van der Waals surface area contributed by atoms with E-state index in [1.54, 1.807) is 0 Å². The molecule has 2 atom stereocenters. The third kappa shape index (κ3) is 3.44. The van der Waals surface area contributed by atoms with Crippen LogP contribution in [-0.2, 0) is 4.79 Å². The Hall–Kier alpha value is -0.570. The lowest BCUT2D eigenvalue weighted by atomic mass is 9.80. The highest BCUT2D eigenvalue weighted by molar-refractivity contribution is 5.74. The molecular formula is C14H27NO2. The van der Waals surface area contributed by atoms with Crippen LogP contribution < -0.4 is 5.32 Å². The minimum Gasteiger partial charge on any atom is -0.481 e. The van der Waals surface area contributed by atoms with Gasteiger partial charge in [0.25, 0.3) is 0 Å². The van der Waals surface area contributed by atoms with Crippen molar-refractivity contribution in [2.45, 2.75) is 65.3 Å². The van der Waals surface area contributed by atoms with Gasteiger partial charge in [-0.05, 0) is 31.6 Å². The molecule has 3 nitrogen and oxygen atoms in total. The standard InChI is InChI=1S/C14H27NO2/c1-4-14(5-2,13(16)17)10-15-12-9-7-6-8-11(12)3/h11-12,15H,4-10H2,1-3H3,(H,16,17). The lowest BCUT2D eigenvalue weighted by Gasteiger charge is -2.34. The van der Waals surface area contributed by atoms with E-state index in [1.165, 1.54) is 25.7 Å². The zero-order valence-electron chi connectivity index (χ0n) is 11.5. The van der Waals surface area contributed by atoms with Crippen LogP contribution in [0.4, 0.5) is 0 Å². The number of rotatable bonds is 6. The molecule has 1 saturated carbocycles. The first-order chi connectivity index (χ1) is 8.05. The van der Waals surface area contributed by atoms with Gasteiger partial charge in [-0.15, -0.1) is 0 Å². The van der Waals surface area contributed by atoms with Crippen molar-refractivity contribution < 1.29 is 9.90 Å². The van der Waals surface area contributed by atoms with Crippen molar-refractivity contribution in [1.82, 2.24) is 5.32 Å². The number of carboxylic acids is 1. The summed E-state index contributed by atoms with van der Waals surface area (Å²) in [5.74, 6) is 0.0300. The maximum atomic E-state index is 11.4.